The quantitative estimate of drug-likeness (QED) is 0.783. The van der Waals surface area contributed by atoms with Gasteiger partial charge in [0.2, 0.25) is 0 Å². The van der Waals surface area contributed by atoms with Gasteiger partial charge in [-0.15, -0.1) is 0 Å². The molecule has 3 nitrogen and oxygen atoms in total. The van der Waals surface area contributed by atoms with E-state index in [2.05, 4.69) is 19.1 Å². The van der Waals surface area contributed by atoms with E-state index in [1.165, 1.54) is 0 Å². The van der Waals surface area contributed by atoms with Gasteiger partial charge in [0.25, 0.3) is 0 Å². The number of hydrogen-bond donors (Lipinski definition) is 2. The van der Waals surface area contributed by atoms with Crippen LogP contribution in [0.2, 0.25) is 0 Å². The standard InChI is InChI=1S/C19H26O3/c1-18-8-7-16-14(15(18)4-5-17(18)22)3-2-12-10-13(21)6-9-19(12,16)11-20/h2-3,10,14-17,20,22H,4-9,11H2,1H3/t14-,15-,16-,17-,18-,19+/m0/s1. The lowest BCUT2D eigenvalue weighted by atomic mass is 9.49. The van der Waals surface area contributed by atoms with Crippen LogP contribution in [0, 0.1) is 28.6 Å². The molecule has 4 aliphatic carbocycles. The lowest BCUT2D eigenvalue weighted by Gasteiger charge is -2.56. The van der Waals surface area contributed by atoms with Crippen molar-refractivity contribution in [1.82, 2.24) is 0 Å². The van der Waals surface area contributed by atoms with Gasteiger partial charge < -0.3 is 10.2 Å². The van der Waals surface area contributed by atoms with Crippen LogP contribution in [0.15, 0.2) is 23.8 Å². The Morgan fingerprint density at radius 1 is 1.23 bits per heavy atom. The summed E-state index contributed by atoms with van der Waals surface area (Å²) in [5.74, 6) is 1.57. The minimum atomic E-state index is -0.220. The molecule has 0 aromatic heterocycles. The Bertz CT molecular complexity index is 563. The van der Waals surface area contributed by atoms with Crippen molar-refractivity contribution in [3.8, 4) is 0 Å². The first kappa shape index (κ1) is 14.6. The molecule has 6 atom stereocenters. The molecule has 0 radical (unpaired) electrons. The van der Waals surface area contributed by atoms with Gasteiger partial charge in [0.15, 0.2) is 5.78 Å². The predicted octanol–water partition coefficient (Wildman–Crippen LogP) is 2.63. The van der Waals surface area contributed by atoms with Crippen molar-refractivity contribution < 1.29 is 15.0 Å². The molecular weight excluding hydrogens is 276 g/mol. The Hall–Kier alpha value is -0.930. The summed E-state index contributed by atoms with van der Waals surface area (Å²) in [4.78, 5) is 11.8. The highest BCUT2D eigenvalue weighted by Crippen LogP contribution is 2.63. The van der Waals surface area contributed by atoms with Crippen LogP contribution in [0.4, 0.5) is 0 Å². The molecule has 0 heterocycles. The summed E-state index contributed by atoms with van der Waals surface area (Å²) in [5.41, 5.74) is 0.866. The number of carbonyl (C=O) groups is 1. The number of hydrogen-bond acceptors (Lipinski definition) is 3. The SMILES string of the molecule is C[C@]12CC[C@H]3[C@@H](C=CC4=CC(=O)CC[C@@]43CO)[C@@H]1CC[C@@H]2O. The van der Waals surface area contributed by atoms with E-state index < -0.39 is 0 Å². The Labute approximate surface area is 132 Å². The smallest absolute Gasteiger partial charge is 0.156 e. The summed E-state index contributed by atoms with van der Waals surface area (Å²) >= 11 is 0. The number of allylic oxidation sites excluding steroid dienone is 3. The molecule has 0 unspecified atom stereocenters. The van der Waals surface area contributed by atoms with E-state index in [9.17, 15) is 15.0 Å². The summed E-state index contributed by atoms with van der Waals surface area (Å²) < 4.78 is 0. The summed E-state index contributed by atoms with van der Waals surface area (Å²) in [6.07, 6.45) is 11.4. The van der Waals surface area contributed by atoms with Crippen molar-refractivity contribution in [2.75, 3.05) is 6.61 Å². The fourth-order valence-electron chi connectivity index (χ4n) is 6.08. The van der Waals surface area contributed by atoms with Crippen molar-refractivity contribution in [3.05, 3.63) is 23.8 Å². The van der Waals surface area contributed by atoms with E-state index in [-0.39, 0.29) is 29.3 Å². The second-order valence-corrected chi connectivity index (χ2v) is 8.17. The third kappa shape index (κ3) is 1.73. The van der Waals surface area contributed by atoms with E-state index in [0.29, 0.717) is 24.2 Å². The molecule has 4 rings (SSSR count). The number of aliphatic hydroxyl groups is 2. The summed E-state index contributed by atoms with van der Waals surface area (Å²) in [6.45, 7) is 2.39. The molecule has 2 N–H and O–H groups in total. The molecule has 0 aromatic carbocycles. The van der Waals surface area contributed by atoms with Crippen LogP contribution < -0.4 is 0 Å². The zero-order chi connectivity index (χ0) is 15.5. The maximum Gasteiger partial charge on any atom is 0.156 e. The van der Waals surface area contributed by atoms with Gasteiger partial charge in [-0.25, -0.2) is 0 Å². The van der Waals surface area contributed by atoms with Crippen LogP contribution in [-0.2, 0) is 4.79 Å². The lowest BCUT2D eigenvalue weighted by Crippen LogP contribution is -2.52. The highest BCUT2D eigenvalue weighted by molar-refractivity contribution is 5.92. The van der Waals surface area contributed by atoms with Crippen LogP contribution >= 0.6 is 0 Å². The number of rotatable bonds is 1. The minimum absolute atomic E-state index is 0.0356. The summed E-state index contributed by atoms with van der Waals surface area (Å²) in [6, 6.07) is 0. The largest absolute Gasteiger partial charge is 0.395 e. The molecule has 0 aliphatic heterocycles. The first-order valence-corrected chi connectivity index (χ1v) is 8.73. The number of aliphatic hydroxyl groups excluding tert-OH is 2. The first-order chi connectivity index (χ1) is 10.5. The van der Waals surface area contributed by atoms with Gasteiger partial charge in [-0.1, -0.05) is 19.1 Å². The predicted molar refractivity (Wildman–Crippen MR) is 84.0 cm³/mol. The van der Waals surface area contributed by atoms with Crippen molar-refractivity contribution >= 4 is 5.78 Å². The van der Waals surface area contributed by atoms with E-state index >= 15 is 0 Å². The molecular formula is C19H26O3. The molecule has 0 amide bonds. The van der Waals surface area contributed by atoms with E-state index in [4.69, 9.17) is 0 Å². The van der Waals surface area contributed by atoms with E-state index in [1.54, 1.807) is 6.08 Å². The zero-order valence-corrected chi connectivity index (χ0v) is 13.3. The van der Waals surface area contributed by atoms with Crippen molar-refractivity contribution in [2.45, 2.75) is 51.6 Å². The van der Waals surface area contributed by atoms with Crippen LogP contribution in [0.3, 0.4) is 0 Å². The second-order valence-electron chi connectivity index (χ2n) is 8.17. The Balaban J connectivity index is 1.77. The third-order valence-corrected chi connectivity index (χ3v) is 7.48. The summed E-state index contributed by atoms with van der Waals surface area (Å²) in [5, 5.41) is 20.7. The minimum Gasteiger partial charge on any atom is -0.395 e. The van der Waals surface area contributed by atoms with Crippen molar-refractivity contribution in [3.63, 3.8) is 0 Å². The molecule has 0 spiro atoms. The topological polar surface area (TPSA) is 57.5 Å². The number of carbonyl (C=O) groups excluding carboxylic acids is 1. The summed E-state index contributed by atoms with van der Waals surface area (Å²) in [7, 11) is 0. The molecule has 0 saturated heterocycles. The molecule has 4 aliphatic rings. The number of ketones is 1. The van der Waals surface area contributed by atoms with E-state index in [0.717, 1.165) is 37.7 Å². The molecule has 3 heteroatoms. The second kappa shape index (κ2) is 4.78. The van der Waals surface area contributed by atoms with E-state index in [1.807, 2.05) is 0 Å². The molecule has 2 saturated carbocycles. The van der Waals surface area contributed by atoms with Crippen LogP contribution in [-0.4, -0.2) is 28.7 Å². The van der Waals surface area contributed by atoms with Gasteiger partial charge in [-0.05, 0) is 66.9 Å². The van der Waals surface area contributed by atoms with Crippen molar-refractivity contribution in [1.29, 1.82) is 0 Å². The van der Waals surface area contributed by atoms with Crippen LogP contribution in [0.5, 0.6) is 0 Å². The van der Waals surface area contributed by atoms with Gasteiger partial charge >= 0.3 is 0 Å². The fourth-order valence-corrected chi connectivity index (χ4v) is 6.08. The van der Waals surface area contributed by atoms with Crippen LogP contribution in [0.25, 0.3) is 0 Å². The number of fused-ring (bicyclic) bond motifs is 5. The molecule has 2 fully saturated rings. The van der Waals surface area contributed by atoms with Crippen LogP contribution in [0.1, 0.15) is 45.4 Å². The average molecular weight is 302 g/mol. The molecule has 0 bridgehead atoms. The fraction of sp³-hybridized carbons (Fsp3) is 0.737. The van der Waals surface area contributed by atoms with Gasteiger partial charge in [0.05, 0.1) is 12.7 Å². The highest BCUT2D eigenvalue weighted by atomic mass is 16.3. The Morgan fingerprint density at radius 2 is 2.05 bits per heavy atom. The monoisotopic (exact) mass is 302 g/mol. The third-order valence-electron chi connectivity index (χ3n) is 7.48. The first-order valence-electron chi connectivity index (χ1n) is 8.73. The van der Waals surface area contributed by atoms with Crippen molar-refractivity contribution in [2.24, 2.45) is 28.6 Å². The molecule has 22 heavy (non-hydrogen) atoms. The Morgan fingerprint density at radius 3 is 2.82 bits per heavy atom. The van der Waals surface area contributed by atoms with Gasteiger partial charge in [0.1, 0.15) is 0 Å². The zero-order valence-electron chi connectivity index (χ0n) is 13.3. The van der Waals surface area contributed by atoms with Gasteiger partial charge in [-0.2, -0.15) is 0 Å². The molecule has 0 aromatic rings. The average Bonchev–Trinajstić information content (AvgIpc) is 2.82. The van der Waals surface area contributed by atoms with Gasteiger partial charge in [0, 0.05) is 11.8 Å². The normalized spacial score (nSPS) is 50.1. The molecule has 120 valence electrons. The highest BCUT2D eigenvalue weighted by Gasteiger charge is 2.58. The maximum absolute atomic E-state index is 11.8. The Kier molecular flexibility index (Phi) is 3.18. The van der Waals surface area contributed by atoms with Gasteiger partial charge in [-0.3, -0.25) is 4.79 Å². The lowest BCUT2D eigenvalue weighted by molar-refractivity contribution is -0.117. The maximum atomic E-state index is 11.8.